The summed E-state index contributed by atoms with van der Waals surface area (Å²) in [4.78, 5) is 24.4. The first-order valence-corrected chi connectivity index (χ1v) is 11.7. The molecule has 0 aromatic heterocycles. The van der Waals surface area contributed by atoms with Crippen LogP contribution in [0, 0.1) is 20.8 Å². The Balaban J connectivity index is 1.86. The van der Waals surface area contributed by atoms with Crippen LogP contribution in [0.15, 0.2) is 30.3 Å². The van der Waals surface area contributed by atoms with Crippen molar-refractivity contribution in [3.63, 3.8) is 0 Å². The van der Waals surface area contributed by atoms with Gasteiger partial charge in [-0.15, -0.1) is 0 Å². The molecule has 1 unspecified atom stereocenters. The van der Waals surface area contributed by atoms with Crippen LogP contribution in [0.1, 0.15) is 48.1 Å². The molecule has 0 radical (unpaired) electrons. The molecule has 0 saturated carbocycles. The zero-order valence-corrected chi connectivity index (χ0v) is 19.2. The fraction of sp³-hybridized carbons (Fsp3) is 0.391. The standard InChI is InChI=1S/C23H27NO6S/c1-14-15(2)21-19(16(3)20(14)29-17(4)25)11-12-23(5,30-21)22(26)24-31(27,28)13-18-9-7-6-8-10-18/h6-10H,11-13H2,1-5H3,(H,24,26). The van der Waals surface area contributed by atoms with E-state index < -0.39 is 27.5 Å². The number of carbonyl (C=O) groups is 2. The molecule has 166 valence electrons. The van der Waals surface area contributed by atoms with Crippen LogP contribution >= 0.6 is 0 Å². The predicted molar refractivity (Wildman–Crippen MR) is 117 cm³/mol. The fourth-order valence-electron chi connectivity index (χ4n) is 3.77. The molecular weight excluding hydrogens is 418 g/mol. The lowest BCUT2D eigenvalue weighted by atomic mass is 9.87. The number of hydrogen-bond acceptors (Lipinski definition) is 6. The number of amides is 1. The summed E-state index contributed by atoms with van der Waals surface area (Å²) >= 11 is 0. The van der Waals surface area contributed by atoms with Gasteiger partial charge in [-0.1, -0.05) is 30.3 Å². The quantitative estimate of drug-likeness (QED) is 0.560. The lowest BCUT2D eigenvalue weighted by Gasteiger charge is -2.36. The number of ether oxygens (including phenoxy) is 2. The molecule has 1 atom stereocenters. The number of nitrogens with one attached hydrogen (secondary N) is 1. The molecule has 1 aliphatic heterocycles. The highest BCUT2D eigenvalue weighted by atomic mass is 32.2. The summed E-state index contributed by atoms with van der Waals surface area (Å²) in [6.45, 7) is 8.44. The van der Waals surface area contributed by atoms with Gasteiger partial charge in [-0.3, -0.25) is 9.59 Å². The Labute approximate surface area is 182 Å². The summed E-state index contributed by atoms with van der Waals surface area (Å²) in [7, 11) is -3.88. The molecule has 3 rings (SSSR count). The van der Waals surface area contributed by atoms with E-state index in [-0.39, 0.29) is 12.2 Å². The van der Waals surface area contributed by atoms with Crippen LogP contribution in [0.2, 0.25) is 0 Å². The van der Waals surface area contributed by atoms with Gasteiger partial charge in [0.25, 0.3) is 5.91 Å². The molecule has 31 heavy (non-hydrogen) atoms. The molecule has 2 aromatic carbocycles. The van der Waals surface area contributed by atoms with E-state index in [4.69, 9.17) is 9.47 Å². The largest absolute Gasteiger partial charge is 0.477 e. The highest BCUT2D eigenvalue weighted by molar-refractivity contribution is 7.89. The van der Waals surface area contributed by atoms with Crippen molar-refractivity contribution in [2.45, 2.75) is 58.8 Å². The van der Waals surface area contributed by atoms with E-state index in [9.17, 15) is 18.0 Å². The van der Waals surface area contributed by atoms with Gasteiger partial charge in [0.15, 0.2) is 5.60 Å². The number of hydrogen-bond donors (Lipinski definition) is 1. The van der Waals surface area contributed by atoms with E-state index in [1.807, 2.05) is 20.8 Å². The Kier molecular flexibility index (Phi) is 6.14. The third kappa shape index (κ3) is 4.74. The summed E-state index contributed by atoms with van der Waals surface area (Å²) in [5.74, 6) is -0.362. The molecule has 0 saturated heterocycles. The second-order valence-corrected chi connectivity index (χ2v) is 9.84. The average molecular weight is 446 g/mol. The van der Waals surface area contributed by atoms with Crippen molar-refractivity contribution >= 4 is 21.9 Å². The summed E-state index contributed by atoms with van der Waals surface area (Å²) in [6, 6.07) is 8.66. The van der Waals surface area contributed by atoms with Crippen LogP contribution < -0.4 is 14.2 Å². The van der Waals surface area contributed by atoms with E-state index >= 15 is 0 Å². The Bertz CT molecular complexity index is 1140. The predicted octanol–water partition coefficient (Wildman–Crippen LogP) is 3.27. The van der Waals surface area contributed by atoms with Crippen molar-refractivity contribution in [2.75, 3.05) is 0 Å². The first kappa shape index (κ1) is 22.8. The topological polar surface area (TPSA) is 98.8 Å². The first-order valence-electron chi connectivity index (χ1n) is 10.0. The zero-order chi connectivity index (χ0) is 23.0. The monoisotopic (exact) mass is 445 g/mol. The van der Waals surface area contributed by atoms with Crippen molar-refractivity contribution in [3.05, 3.63) is 58.1 Å². The Hall–Kier alpha value is -2.87. The number of carbonyl (C=O) groups excluding carboxylic acids is 2. The van der Waals surface area contributed by atoms with Gasteiger partial charge < -0.3 is 9.47 Å². The Morgan fingerprint density at radius 3 is 2.35 bits per heavy atom. The van der Waals surface area contributed by atoms with Crippen molar-refractivity contribution in [2.24, 2.45) is 0 Å². The maximum Gasteiger partial charge on any atom is 0.308 e. The summed E-state index contributed by atoms with van der Waals surface area (Å²) in [5.41, 5.74) is 2.38. The average Bonchev–Trinajstić information content (AvgIpc) is 2.69. The van der Waals surface area contributed by atoms with Gasteiger partial charge in [-0.2, -0.15) is 0 Å². The molecule has 0 spiro atoms. The maximum atomic E-state index is 12.9. The van der Waals surface area contributed by atoms with Crippen molar-refractivity contribution in [3.8, 4) is 11.5 Å². The molecule has 7 nitrogen and oxygen atoms in total. The van der Waals surface area contributed by atoms with E-state index in [0.717, 1.165) is 22.3 Å². The van der Waals surface area contributed by atoms with E-state index in [0.29, 0.717) is 23.5 Å². The van der Waals surface area contributed by atoms with Gasteiger partial charge in [-0.05, 0) is 56.4 Å². The van der Waals surface area contributed by atoms with Crippen LogP contribution in [0.3, 0.4) is 0 Å². The normalized spacial score (nSPS) is 18.0. The van der Waals surface area contributed by atoms with Crippen LogP contribution in [-0.4, -0.2) is 25.9 Å². The minimum atomic E-state index is -3.88. The summed E-state index contributed by atoms with van der Waals surface area (Å²) in [5, 5.41) is 0. The number of rotatable bonds is 5. The zero-order valence-electron chi connectivity index (χ0n) is 18.4. The van der Waals surface area contributed by atoms with Crippen molar-refractivity contribution in [1.82, 2.24) is 4.72 Å². The third-order valence-corrected chi connectivity index (χ3v) is 6.87. The van der Waals surface area contributed by atoms with Gasteiger partial charge in [0.05, 0.1) is 5.75 Å². The molecule has 1 amide bonds. The second kappa shape index (κ2) is 8.34. The molecular formula is C23H27NO6S. The van der Waals surface area contributed by atoms with Gasteiger partial charge in [0.2, 0.25) is 10.0 Å². The Morgan fingerprint density at radius 1 is 1.10 bits per heavy atom. The van der Waals surface area contributed by atoms with Gasteiger partial charge in [0, 0.05) is 18.9 Å². The molecule has 0 bridgehead atoms. The number of fused-ring (bicyclic) bond motifs is 1. The van der Waals surface area contributed by atoms with E-state index in [1.165, 1.54) is 6.92 Å². The number of esters is 1. The third-order valence-electron chi connectivity index (χ3n) is 5.66. The molecule has 1 N–H and O–H groups in total. The Morgan fingerprint density at radius 2 is 1.74 bits per heavy atom. The summed E-state index contributed by atoms with van der Waals surface area (Å²) < 4.78 is 38.7. The SMILES string of the molecule is CC(=O)Oc1c(C)c(C)c2c(c1C)CCC(C)(C(=O)NS(=O)(=O)Cc1ccccc1)O2. The molecule has 8 heteroatoms. The van der Waals surface area contributed by atoms with Gasteiger partial charge in [-0.25, -0.2) is 13.1 Å². The molecule has 2 aromatic rings. The lowest BCUT2D eigenvalue weighted by molar-refractivity contribution is -0.135. The molecule has 1 aliphatic rings. The van der Waals surface area contributed by atoms with Crippen LogP contribution in [-0.2, 0) is 31.8 Å². The fourth-order valence-corrected chi connectivity index (χ4v) is 4.97. The van der Waals surface area contributed by atoms with Crippen LogP contribution in [0.4, 0.5) is 0 Å². The highest BCUT2D eigenvalue weighted by Gasteiger charge is 2.42. The van der Waals surface area contributed by atoms with Crippen LogP contribution in [0.25, 0.3) is 0 Å². The minimum Gasteiger partial charge on any atom is -0.477 e. The lowest BCUT2D eigenvalue weighted by Crippen LogP contribution is -2.52. The molecule has 1 heterocycles. The van der Waals surface area contributed by atoms with Crippen molar-refractivity contribution < 1.29 is 27.5 Å². The minimum absolute atomic E-state index is 0.287. The van der Waals surface area contributed by atoms with Gasteiger partial charge in [0.1, 0.15) is 11.5 Å². The van der Waals surface area contributed by atoms with Crippen LogP contribution in [0.5, 0.6) is 11.5 Å². The van der Waals surface area contributed by atoms with E-state index in [2.05, 4.69) is 4.72 Å². The molecule has 0 fully saturated rings. The highest BCUT2D eigenvalue weighted by Crippen LogP contribution is 2.43. The number of benzene rings is 2. The van der Waals surface area contributed by atoms with Gasteiger partial charge >= 0.3 is 5.97 Å². The summed E-state index contributed by atoms with van der Waals surface area (Å²) in [6.07, 6.45) is 0.773. The number of sulfonamides is 1. The maximum absolute atomic E-state index is 12.9. The van der Waals surface area contributed by atoms with E-state index in [1.54, 1.807) is 37.3 Å². The molecule has 0 aliphatic carbocycles. The van der Waals surface area contributed by atoms with Crippen molar-refractivity contribution in [1.29, 1.82) is 0 Å². The second-order valence-electron chi connectivity index (χ2n) is 8.11. The first-order chi connectivity index (χ1) is 14.4. The smallest absolute Gasteiger partial charge is 0.308 e.